The van der Waals surface area contributed by atoms with Gasteiger partial charge in [-0.25, -0.2) is 0 Å². The molecule has 1 N–H and O–H groups in total. The number of benzene rings is 1. The van der Waals surface area contributed by atoms with E-state index < -0.39 is 5.97 Å². The van der Waals surface area contributed by atoms with Gasteiger partial charge in [0.25, 0.3) is 0 Å². The molecule has 78 valence electrons. The van der Waals surface area contributed by atoms with Gasteiger partial charge in [0, 0.05) is 22.7 Å². The first-order valence-electron chi connectivity index (χ1n) is 4.63. The molecule has 0 saturated carbocycles. The number of aromatic nitrogens is 1. The Morgan fingerprint density at radius 1 is 1.40 bits per heavy atom. The van der Waals surface area contributed by atoms with Crippen LogP contribution >= 0.6 is 15.9 Å². The Labute approximate surface area is 95.5 Å². The fourth-order valence-corrected chi connectivity index (χ4v) is 1.92. The maximum Gasteiger partial charge on any atom is 0.305 e. The van der Waals surface area contributed by atoms with Crippen LogP contribution in [0.2, 0.25) is 0 Å². The summed E-state index contributed by atoms with van der Waals surface area (Å²) >= 11 is 3.40. The molecule has 0 fully saturated rings. The highest BCUT2D eigenvalue weighted by molar-refractivity contribution is 9.10. The molecule has 0 atom stereocenters. The van der Waals surface area contributed by atoms with Crippen molar-refractivity contribution in [1.29, 1.82) is 0 Å². The Kier molecular flexibility index (Phi) is 2.77. The number of halogens is 1. The summed E-state index contributed by atoms with van der Waals surface area (Å²) in [6, 6.07) is 7.97. The van der Waals surface area contributed by atoms with Gasteiger partial charge in [-0.2, -0.15) is 0 Å². The first-order valence-corrected chi connectivity index (χ1v) is 5.42. The van der Waals surface area contributed by atoms with Gasteiger partial charge < -0.3 is 9.67 Å². The van der Waals surface area contributed by atoms with Gasteiger partial charge in [0.2, 0.25) is 0 Å². The Hall–Kier alpha value is -1.29. The number of hydrogen-bond acceptors (Lipinski definition) is 1. The summed E-state index contributed by atoms with van der Waals surface area (Å²) in [5, 5.41) is 9.74. The lowest BCUT2D eigenvalue weighted by Crippen LogP contribution is -2.03. The van der Waals surface area contributed by atoms with E-state index in [2.05, 4.69) is 15.9 Å². The number of rotatable bonds is 3. The highest BCUT2D eigenvalue weighted by atomic mass is 79.9. The van der Waals surface area contributed by atoms with Crippen LogP contribution in [0.15, 0.2) is 34.9 Å². The molecule has 0 saturated heterocycles. The molecule has 0 aliphatic carbocycles. The van der Waals surface area contributed by atoms with Gasteiger partial charge in [0.1, 0.15) is 0 Å². The molecule has 0 spiro atoms. The average molecular weight is 268 g/mol. The Morgan fingerprint density at radius 2 is 2.20 bits per heavy atom. The van der Waals surface area contributed by atoms with Gasteiger partial charge in [-0.15, -0.1) is 0 Å². The molecule has 2 rings (SSSR count). The zero-order valence-corrected chi connectivity index (χ0v) is 9.57. The fourth-order valence-electron chi connectivity index (χ4n) is 1.57. The van der Waals surface area contributed by atoms with E-state index in [9.17, 15) is 4.79 Å². The molecule has 0 aliphatic heterocycles. The molecule has 0 aliphatic rings. The summed E-state index contributed by atoms with van der Waals surface area (Å²) in [4.78, 5) is 10.5. The van der Waals surface area contributed by atoms with Crippen molar-refractivity contribution in [3.05, 3.63) is 34.9 Å². The molecule has 2 aromatic rings. The smallest absolute Gasteiger partial charge is 0.305 e. The molecule has 0 amide bonds. The average Bonchev–Trinajstić information content (AvgIpc) is 2.57. The predicted molar refractivity (Wildman–Crippen MR) is 61.9 cm³/mol. The molecule has 3 nitrogen and oxygen atoms in total. The lowest BCUT2D eigenvalue weighted by Gasteiger charge is -2.03. The third-order valence-corrected chi connectivity index (χ3v) is 2.80. The van der Waals surface area contributed by atoms with Crippen molar-refractivity contribution < 1.29 is 9.90 Å². The third kappa shape index (κ3) is 2.21. The van der Waals surface area contributed by atoms with E-state index in [0.717, 1.165) is 15.4 Å². The zero-order chi connectivity index (χ0) is 10.8. The summed E-state index contributed by atoms with van der Waals surface area (Å²) < 4.78 is 2.96. The maximum absolute atomic E-state index is 10.5. The van der Waals surface area contributed by atoms with Gasteiger partial charge in [0.15, 0.2) is 0 Å². The van der Waals surface area contributed by atoms with Gasteiger partial charge in [-0.3, -0.25) is 4.79 Å². The summed E-state index contributed by atoms with van der Waals surface area (Å²) in [7, 11) is 0. The van der Waals surface area contributed by atoms with E-state index in [1.807, 2.05) is 35.0 Å². The second-order valence-electron chi connectivity index (χ2n) is 3.36. The van der Waals surface area contributed by atoms with Crippen LogP contribution in [-0.4, -0.2) is 15.6 Å². The van der Waals surface area contributed by atoms with Crippen LogP contribution in [0.5, 0.6) is 0 Å². The molecular formula is C11H10BrNO2. The normalized spacial score (nSPS) is 10.7. The van der Waals surface area contributed by atoms with Gasteiger partial charge in [-0.05, 0) is 23.6 Å². The van der Waals surface area contributed by atoms with E-state index in [4.69, 9.17) is 5.11 Å². The monoisotopic (exact) mass is 267 g/mol. The van der Waals surface area contributed by atoms with E-state index in [1.54, 1.807) is 0 Å². The molecular weight excluding hydrogens is 258 g/mol. The zero-order valence-electron chi connectivity index (χ0n) is 7.98. The minimum atomic E-state index is -0.771. The lowest BCUT2D eigenvalue weighted by molar-refractivity contribution is -0.137. The maximum atomic E-state index is 10.5. The molecule has 1 aromatic carbocycles. The van der Waals surface area contributed by atoms with Crippen LogP contribution in [0.1, 0.15) is 6.42 Å². The molecule has 4 heteroatoms. The number of carboxylic acid groups (broad SMARTS) is 1. The predicted octanol–water partition coefficient (Wildman–Crippen LogP) is 2.88. The fraction of sp³-hybridized carbons (Fsp3) is 0.182. The number of carbonyl (C=O) groups is 1. The molecule has 0 unspecified atom stereocenters. The van der Waals surface area contributed by atoms with Crippen LogP contribution in [0, 0.1) is 0 Å². The van der Waals surface area contributed by atoms with Crippen molar-refractivity contribution in [2.24, 2.45) is 0 Å². The molecule has 1 heterocycles. The van der Waals surface area contributed by atoms with E-state index in [0.29, 0.717) is 6.54 Å². The second-order valence-corrected chi connectivity index (χ2v) is 4.27. The first kappa shape index (κ1) is 10.2. The number of nitrogens with zero attached hydrogens (tertiary/aromatic N) is 1. The van der Waals surface area contributed by atoms with Crippen LogP contribution in [-0.2, 0) is 11.3 Å². The Morgan fingerprint density at radius 3 is 2.93 bits per heavy atom. The number of carboxylic acids is 1. The summed E-state index contributed by atoms with van der Waals surface area (Å²) in [6.45, 7) is 0.509. The highest BCUT2D eigenvalue weighted by Gasteiger charge is 2.03. The van der Waals surface area contributed by atoms with Gasteiger partial charge in [0.05, 0.1) is 6.42 Å². The summed E-state index contributed by atoms with van der Waals surface area (Å²) in [5.74, 6) is -0.771. The van der Waals surface area contributed by atoms with Crippen molar-refractivity contribution in [3.8, 4) is 0 Å². The van der Waals surface area contributed by atoms with E-state index >= 15 is 0 Å². The van der Waals surface area contributed by atoms with Crippen LogP contribution in [0.4, 0.5) is 0 Å². The number of hydrogen-bond donors (Lipinski definition) is 1. The van der Waals surface area contributed by atoms with Crippen LogP contribution in [0.3, 0.4) is 0 Å². The van der Waals surface area contributed by atoms with E-state index in [1.165, 1.54) is 0 Å². The van der Waals surface area contributed by atoms with Crippen LogP contribution in [0.25, 0.3) is 10.9 Å². The SMILES string of the molecule is O=C(O)CCn1ccc2ccc(Br)cc21. The topological polar surface area (TPSA) is 42.2 Å². The minimum absolute atomic E-state index is 0.149. The molecule has 1 aromatic heterocycles. The van der Waals surface area contributed by atoms with Gasteiger partial charge >= 0.3 is 5.97 Å². The minimum Gasteiger partial charge on any atom is -0.481 e. The van der Waals surface area contributed by atoms with Crippen molar-refractivity contribution in [3.63, 3.8) is 0 Å². The first-order chi connectivity index (χ1) is 7.16. The molecule has 0 radical (unpaired) electrons. The number of aryl methyl sites for hydroxylation is 1. The summed E-state index contributed by atoms with van der Waals surface area (Å²) in [5.41, 5.74) is 1.06. The third-order valence-electron chi connectivity index (χ3n) is 2.30. The summed E-state index contributed by atoms with van der Waals surface area (Å²) in [6.07, 6.45) is 2.07. The standard InChI is InChI=1S/C11H10BrNO2/c12-9-2-1-8-3-5-13(10(8)7-9)6-4-11(14)15/h1-3,5,7H,4,6H2,(H,14,15). The van der Waals surface area contributed by atoms with Gasteiger partial charge in [-0.1, -0.05) is 22.0 Å². The Bertz CT molecular complexity index is 504. The van der Waals surface area contributed by atoms with Crippen molar-refractivity contribution in [2.45, 2.75) is 13.0 Å². The van der Waals surface area contributed by atoms with Crippen molar-refractivity contribution >= 4 is 32.8 Å². The quantitative estimate of drug-likeness (QED) is 0.930. The van der Waals surface area contributed by atoms with Crippen LogP contribution < -0.4 is 0 Å². The Balaban J connectivity index is 2.35. The highest BCUT2D eigenvalue weighted by Crippen LogP contribution is 2.21. The second kappa shape index (κ2) is 4.06. The lowest BCUT2D eigenvalue weighted by atomic mass is 10.2. The number of fused-ring (bicyclic) bond motifs is 1. The molecule has 0 bridgehead atoms. The van der Waals surface area contributed by atoms with E-state index in [-0.39, 0.29) is 6.42 Å². The number of aliphatic carboxylic acids is 1. The molecule has 15 heavy (non-hydrogen) atoms. The largest absolute Gasteiger partial charge is 0.481 e. The van der Waals surface area contributed by atoms with Crippen molar-refractivity contribution in [2.75, 3.05) is 0 Å². The van der Waals surface area contributed by atoms with Crippen molar-refractivity contribution in [1.82, 2.24) is 4.57 Å².